The highest BCUT2D eigenvalue weighted by Crippen LogP contribution is 2.21. The summed E-state index contributed by atoms with van der Waals surface area (Å²) >= 11 is 0. The molecule has 0 saturated carbocycles. The van der Waals surface area contributed by atoms with Gasteiger partial charge < -0.3 is 25.2 Å². The van der Waals surface area contributed by atoms with Gasteiger partial charge in [0.25, 0.3) is 5.91 Å². The number of morpholine rings is 1. The second-order valence-corrected chi connectivity index (χ2v) is 9.36. The van der Waals surface area contributed by atoms with Crippen molar-refractivity contribution in [2.45, 2.75) is 25.7 Å². The molecule has 0 aliphatic carbocycles. The summed E-state index contributed by atoms with van der Waals surface area (Å²) in [6, 6.07) is 13.6. The second-order valence-electron chi connectivity index (χ2n) is 9.36. The van der Waals surface area contributed by atoms with Crippen LogP contribution >= 0.6 is 0 Å². The van der Waals surface area contributed by atoms with Crippen LogP contribution in [0, 0.1) is 11.7 Å². The molecule has 2 aliphatic heterocycles. The molecule has 35 heavy (non-hydrogen) atoms. The molecule has 8 heteroatoms. The van der Waals surface area contributed by atoms with Gasteiger partial charge in [-0.05, 0) is 80.6 Å². The first-order valence-electron chi connectivity index (χ1n) is 12.6. The van der Waals surface area contributed by atoms with Gasteiger partial charge in [-0.15, -0.1) is 0 Å². The fraction of sp³-hybridized carbons (Fsp3) is 0.481. The predicted molar refractivity (Wildman–Crippen MR) is 134 cm³/mol. The Morgan fingerprint density at radius 1 is 1.06 bits per heavy atom. The van der Waals surface area contributed by atoms with Gasteiger partial charge in [0, 0.05) is 37.4 Å². The Morgan fingerprint density at radius 3 is 2.66 bits per heavy atom. The smallest absolute Gasteiger partial charge is 0.319 e. The molecule has 1 atom stereocenters. The van der Waals surface area contributed by atoms with Crippen LogP contribution in [-0.2, 0) is 11.2 Å². The van der Waals surface area contributed by atoms with Crippen LogP contribution < -0.4 is 10.6 Å². The van der Waals surface area contributed by atoms with Crippen LogP contribution in [0.5, 0.6) is 0 Å². The lowest BCUT2D eigenvalue weighted by Gasteiger charge is -2.32. The van der Waals surface area contributed by atoms with Gasteiger partial charge in [0.15, 0.2) is 0 Å². The zero-order valence-corrected chi connectivity index (χ0v) is 20.2. The van der Waals surface area contributed by atoms with E-state index in [2.05, 4.69) is 15.5 Å². The van der Waals surface area contributed by atoms with Crippen LogP contribution in [0.4, 0.5) is 14.9 Å². The number of likely N-dealkylation sites (tertiary alicyclic amines) is 1. The number of carbonyl (C=O) groups is 2. The number of nitrogens with one attached hydrogen (secondary N) is 2. The van der Waals surface area contributed by atoms with Crippen molar-refractivity contribution in [3.63, 3.8) is 0 Å². The molecule has 0 spiro atoms. The van der Waals surface area contributed by atoms with E-state index in [9.17, 15) is 14.0 Å². The zero-order chi connectivity index (χ0) is 24.5. The van der Waals surface area contributed by atoms with E-state index in [1.54, 1.807) is 29.2 Å². The van der Waals surface area contributed by atoms with E-state index in [-0.39, 0.29) is 17.8 Å². The molecular weight excluding hydrogens is 447 g/mol. The Labute approximate surface area is 206 Å². The summed E-state index contributed by atoms with van der Waals surface area (Å²) in [6.45, 7) is 5.91. The fourth-order valence-electron chi connectivity index (χ4n) is 4.83. The number of hydrogen-bond donors (Lipinski definition) is 2. The summed E-state index contributed by atoms with van der Waals surface area (Å²) < 4.78 is 18.4. The number of piperidine rings is 1. The van der Waals surface area contributed by atoms with Crippen molar-refractivity contribution >= 4 is 17.6 Å². The van der Waals surface area contributed by atoms with Gasteiger partial charge in [-0.3, -0.25) is 4.79 Å². The van der Waals surface area contributed by atoms with Gasteiger partial charge in [-0.2, -0.15) is 0 Å². The summed E-state index contributed by atoms with van der Waals surface area (Å²) in [6.07, 6.45) is 4.21. The standard InChI is InChI=1S/C27H35FN4O3/c28-24-9-7-21(8-10-24)18-22-4-2-12-31(20-22)13-3-11-29-27(34)30-25-6-1-5-23(19-25)26(33)32-14-16-35-17-15-32/h1,5-10,19,22H,2-4,11-18,20H2,(H2,29,30,34). The largest absolute Gasteiger partial charge is 0.378 e. The minimum absolute atomic E-state index is 0.0448. The minimum Gasteiger partial charge on any atom is -0.378 e. The van der Waals surface area contributed by atoms with Crippen molar-refractivity contribution < 1.29 is 18.7 Å². The number of amides is 3. The number of ether oxygens (including phenoxy) is 1. The normalized spacial score (nSPS) is 18.8. The van der Waals surface area contributed by atoms with Gasteiger partial charge in [0.05, 0.1) is 13.2 Å². The van der Waals surface area contributed by atoms with E-state index >= 15 is 0 Å². The monoisotopic (exact) mass is 482 g/mol. The Balaban J connectivity index is 1.16. The van der Waals surface area contributed by atoms with E-state index in [0.717, 1.165) is 32.5 Å². The van der Waals surface area contributed by atoms with E-state index in [1.807, 2.05) is 12.1 Å². The van der Waals surface area contributed by atoms with E-state index in [1.165, 1.54) is 30.5 Å². The molecule has 7 nitrogen and oxygen atoms in total. The van der Waals surface area contributed by atoms with Crippen LogP contribution in [-0.4, -0.2) is 74.2 Å². The van der Waals surface area contributed by atoms with Gasteiger partial charge in [0.1, 0.15) is 5.82 Å². The molecule has 2 aromatic rings. The fourth-order valence-corrected chi connectivity index (χ4v) is 4.83. The van der Waals surface area contributed by atoms with E-state index < -0.39 is 0 Å². The first-order valence-corrected chi connectivity index (χ1v) is 12.6. The molecule has 0 aromatic heterocycles. The van der Waals surface area contributed by atoms with Crippen molar-refractivity contribution in [1.29, 1.82) is 0 Å². The summed E-state index contributed by atoms with van der Waals surface area (Å²) in [4.78, 5) is 29.2. The van der Waals surface area contributed by atoms with Crippen molar-refractivity contribution in [1.82, 2.24) is 15.1 Å². The lowest BCUT2D eigenvalue weighted by atomic mass is 9.91. The Morgan fingerprint density at radius 2 is 1.86 bits per heavy atom. The number of carbonyl (C=O) groups excluding carboxylic acids is 2. The SMILES string of the molecule is O=C(NCCCN1CCCC(Cc2ccc(F)cc2)C1)Nc1cccc(C(=O)N2CCOCC2)c1. The molecule has 2 aliphatic rings. The maximum Gasteiger partial charge on any atom is 0.319 e. The van der Waals surface area contributed by atoms with Crippen LogP contribution in [0.2, 0.25) is 0 Å². The first-order chi connectivity index (χ1) is 17.1. The molecule has 0 radical (unpaired) electrons. The molecule has 2 fully saturated rings. The second kappa shape index (κ2) is 12.7. The number of halogens is 1. The molecule has 0 bridgehead atoms. The quantitative estimate of drug-likeness (QED) is 0.562. The average Bonchev–Trinajstić information content (AvgIpc) is 2.88. The van der Waals surface area contributed by atoms with E-state index in [0.29, 0.717) is 50.0 Å². The Hall–Kier alpha value is -2.97. The average molecular weight is 483 g/mol. The molecule has 2 N–H and O–H groups in total. The number of benzene rings is 2. The third-order valence-electron chi connectivity index (χ3n) is 6.64. The maximum absolute atomic E-state index is 13.1. The first kappa shape index (κ1) is 25.1. The molecule has 1 unspecified atom stereocenters. The number of rotatable bonds is 8. The highest BCUT2D eigenvalue weighted by atomic mass is 19.1. The van der Waals surface area contributed by atoms with Gasteiger partial charge >= 0.3 is 6.03 Å². The molecule has 188 valence electrons. The van der Waals surface area contributed by atoms with Gasteiger partial charge in [-0.1, -0.05) is 18.2 Å². The highest BCUT2D eigenvalue weighted by Gasteiger charge is 2.20. The summed E-state index contributed by atoms with van der Waals surface area (Å²) in [5.41, 5.74) is 2.35. The number of anilines is 1. The summed E-state index contributed by atoms with van der Waals surface area (Å²) in [5, 5.41) is 5.75. The minimum atomic E-state index is -0.270. The van der Waals surface area contributed by atoms with Gasteiger partial charge in [-0.25, -0.2) is 9.18 Å². The molecule has 2 aromatic carbocycles. The lowest BCUT2D eigenvalue weighted by molar-refractivity contribution is 0.0303. The zero-order valence-electron chi connectivity index (χ0n) is 20.2. The Kier molecular flexibility index (Phi) is 9.08. The van der Waals surface area contributed by atoms with Crippen molar-refractivity contribution in [2.75, 3.05) is 57.8 Å². The summed E-state index contributed by atoms with van der Waals surface area (Å²) in [5.74, 6) is 0.347. The van der Waals surface area contributed by atoms with Crippen LogP contribution in [0.15, 0.2) is 48.5 Å². The van der Waals surface area contributed by atoms with Crippen LogP contribution in [0.25, 0.3) is 0 Å². The van der Waals surface area contributed by atoms with Crippen LogP contribution in [0.1, 0.15) is 35.2 Å². The van der Waals surface area contributed by atoms with E-state index in [4.69, 9.17) is 4.74 Å². The molecular formula is C27H35FN4O3. The number of nitrogens with zero attached hydrogens (tertiary/aromatic N) is 2. The third-order valence-corrected chi connectivity index (χ3v) is 6.64. The number of hydrogen-bond acceptors (Lipinski definition) is 4. The number of urea groups is 1. The Bertz CT molecular complexity index is 979. The van der Waals surface area contributed by atoms with Crippen molar-refractivity contribution in [2.24, 2.45) is 5.92 Å². The predicted octanol–water partition coefficient (Wildman–Crippen LogP) is 3.76. The molecule has 3 amide bonds. The lowest BCUT2D eigenvalue weighted by Crippen LogP contribution is -2.40. The van der Waals surface area contributed by atoms with Crippen molar-refractivity contribution in [3.05, 3.63) is 65.5 Å². The van der Waals surface area contributed by atoms with Gasteiger partial charge in [0.2, 0.25) is 0 Å². The summed E-state index contributed by atoms with van der Waals surface area (Å²) in [7, 11) is 0. The highest BCUT2D eigenvalue weighted by molar-refractivity contribution is 5.97. The molecule has 2 saturated heterocycles. The molecule has 4 rings (SSSR count). The van der Waals surface area contributed by atoms with Crippen LogP contribution in [0.3, 0.4) is 0 Å². The molecule has 2 heterocycles. The topological polar surface area (TPSA) is 73.9 Å². The third kappa shape index (κ3) is 7.77. The van der Waals surface area contributed by atoms with Crippen molar-refractivity contribution in [3.8, 4) is 0 Å². The maximum atomic E-state index is 13.1.